The Labute approximate surface area is 251 Å². The molecule has 0 bridgehead atoms. The summed E-state index contributed by atoms with van der Waals surface area (Å²) in [5.74, 6) is 0.159. The monoisotopic (exact) mass is 617 g/mol. The molecule has 6 rings (SSSR count). The van der Waals surface area contributed by atoms with Crippen LogP contribution in [0.5, 0.6) is 5.75 Å². The van der Waals surface area contributed by atoms with E-state index in [1.54, 1.807) is 23.7 Å². The molecule has 0 aliphatic carbocycles. The van der Waals surface area contributed by atoms with Crippen LogP contribution in [0.2, 0.25) is 0 Å². The van der Waals surface area contributed by atoms with Crippen LogP contribution in [-0.2, 0) is 0 Å². The van der Waals surface area contributed by atoms with Crippen LogP contribution < -0.4 is 9.54 Å². The predicted octanol–water partition coefficient (Wildman–Crippen LogP) is 7.36. The summed E-state index contributed by atoms with van der Waals surface area (Å²) in [4.78, 5) is 9.57. The van der Waals surface area contributed by atoms with Crippen molar-refractivity contribution < 1.29 is 17.9 Å². The van der Waals surface area contributed by atoms with E-state index in [0.29, 0.717) is 11.5 Å². The third-order valence-corrected chi connectivity index (χ3v) is 7.98. The number of aromatic nitrogens is 5. The Bertz CT molecular complexity index is 1930. The SMILES string of the molecule is Cc1cccc(C)c1-n1c(-c2nccs2)csc1=NN=Cc1ccc(-c2ncn(-c3ccc(OC(F)(F)F)cc3)n2)cc1. The highest BCUT2D eigenvalue weighted by atomic mass is 32.1. The highest BCUT2D eigenvalue weighted by molar-refractivity contribution is 7.13. The Morgan fingerprint density at radius 1 is 0.907 bits per heavy atom. The van der Waals surface area contributed by atoms with Crippen LogP contribution in [0.15, 0.2) is 100 Å². The number of ether oxygens (including phenoxy) is 1. The molecule has 216 valence electrons. The third kappa shape index (κ3) is 6.32. The standard InChI is InChI=1S/C30H22F3N7OS2/c1-19-4-3-5-20(2)26(19)40-25(28-34-14-15-42-28)17-43-29(40)37-36-16-21-6-8-22(9-7-21)27-35-18-39(38-27)23-10-12-24(13-11-23)41-30(31,32)33/h3-18H,1-2H3. The fraction of sp³-hybridized carbons (Fsp3) is 0.100. The third-order valence-electron chi connectivity index (χ3n) is 6.37. The molecular weight excluding hydrogens is 596 g/mol. The number of hydrogen-bond donors (Lipinski definition) is 0. The molecule has 0 amide bonds. The van der Waals surface area contributed by atoms with Crippen LogP contribution in [0.1, 0.15) is 16.7 Å². The summed E-state index contributed by atoms with van der Waals surface area (Å²) in [5, 5.41) is 18.3. The van der Waals surface area contributed by atoms with Gasteiger partial charge in [0.05, 0.1) is 23.3 Å². The largest absolute Gasteiger partial charge is 0.573 e. The number of rotatable bonds is 7. The summed E-state index contributed by atoms with van der Waals surface area (Å²) in [6.07, 6.45) is 0.220. The summed E-state index contributed by atoms with van der Waals surface area (Å²) in [7, 11) is 0. The zero-order valence-corrected chi connectivity index (χ0v) is 24.4. The minimum absolute atomic E-state index is 0.306. The molecule has 0 saturated carbocycles. The normalized spacial score (nSPS) is 12.3. The Balaban J connectivity index is 1.22. The molecule has 0 aliphatic rings. The molecule has 3 aromatic carbocycles. The molecule has 8 nitrogen and oxygen atoms in total. The Morgan fingerprint density at radius 2 is 1.65 bits per heavy atom. The zero-order chi connectivity index (χ0) is 30.0. The smallest absolute Gasteiger partial charge is 0.406 e. The lowest BCUT2D eigenvalue weighted by atomic mass is 10.1. The fourth-order valence-corrected chi connectivity index (χ4v) is 5.98. The summed E-state index contributed by atoms with van der Waals surface area (Å²) >= 11 is 3.07. The van der Waals surface area contributed by atoms with Crippen molar-refractivity contribution >= 4 is 28.9 Å². The highest BCUT2D eigenvalue weighted by Crippen LogP contribution is 2.28. The van der Waals surface area contributed by atoms with Gasteiger partial charge in [0.25, 0.3) is 0 Å². The molecule has 0 unspecified atom stereocenters. The van der Waals surface area contributed by atoms with E-state index in [0.717, 1.165) is 43.4 Å². The van der Waals surface area contributed by atoms with Crippen molar-refractivity contribution in [3.8, 4) is 39.2 Å². The van der Waals surface area contributed by atoms with Gasteiger partial charge in [0.15, 0.2) is 5.82 Å². The molecule has 6 aromatic rings. The van der Waals surface area contributed by atoms with E-state index in [4.69, 9.17) is 0 Å². The Kier molecular flexibility index (Phi) is 7.74. The maximum atomic E-state index is 12.4. The topological polar surface area (TPSA) is 82.5 Å². The number of alkyl halides is 3. The van der Waals surface area contributed by atoms with Gasteiger partial charge in [0.2, 0.25) is 4.80 Å². The number of hydrogen-bond acceptors (Lipinski definition) is 8. The van der Waals surface area contributed by atoms with E-state index < -0.39 is 6.36 Å². The van der Waals surface area contributed by atoms with Crippen molar-refractivity contribution in [1.29, 1.82) is 0 Å². The number of benzene rings is 3. The predicted molar refractivity (Wildman–Crippen MR) is 161 cm³/mol. The van der Waals surface area contributed by atoms with Crippen LogP contribution in [0.4, 0.5) is 13.2 Å². The van der Waals surface area contributed by atoms with Gasteiger partial charge >= 0.3 is 6.36 Å². The van der Waals surface area contributed by atoms with E-state index in [1.807, 2.05) is 41.1 Å². The molecule has 0 saturated heterocycles. The van der Waals surface area contributed by atoms with E-state index in [-0.39, 0.29) is 5.75 Å². The maximum absolute atomic E-state index is 12.4. The first-order valence-electron chi connectivity index (χ1n) is 12.9. The quantitative estimate of drug-likeness (QED) is 0.138. The lowest BCUT2D eigenvalue weighted by molar-refractivity contribution is -0.274. The van der Waals surface area contributed by atoms with Crippen molar-refractivity contribution in [2.45, 2.75) is 20.2 Å². The second-order valence-electron chi connectivity index (χ2n) is 9.34. The lowest BCUT2D eigenvalue weighted by Gasteiger charge is -2.13. The molecule has 3 heterocycles. The summed E-state index contributed by atoms with van der Waals surface area (Å²) < 4.78 is 44.8. The highest BCUT2D eigenvalue weighted by Gasteiger charge is 2.31. The number of nitrogens with zero attached hydrogens (tertiary/aromatic N) is 7. The lowest BCUT2D eigenvalue weighted by Crippen LogP contribution is -2.17. The van der Waals surface area contributed by atoms with Gasteiger partial charge in [-0.3, -0.25) is 4.57 Å². The second-order valence-corrected chi connectivity index (χ2v) is 11.1. The molecule has 43 heavy (non-hydrogen) atoms. The number of para-hydroxylation sites is 1. The van der Waals surface area contributed by atoms with Gasteiger partial charge < -0.3 is 4.74 Å². The molecule has 0 atom stereocenters. The van der Waals surface area contributed by atoms with Crippen LogP contribution in [0.25, 0.3) is 33.5 Å². The van der Waals surface area contributed by atoms with Gasteiger partial charge in [-0.2, -0.15) is 5.10 Å². The minimum atomic E-state index is -4.75. The molecule has 3 aromatic heterocycles. The van der Waals surface area contributed by atoms with Crippen molar-refractivity contribution in [2.24, 2.45) is 10.2 Å². The minimum Gasteiger partial charge on any atom is -0.406 e. The maximum Gasteiger partial charge on any atom is 0.573 e. The van der Waals surface area contributed by atoms with Gasteiger partial charge in [-0.25, -0.2) is 14.6 Å². The van der Waals surface area contributed by atoms with Gasteiger partial charge in [-0.15, -0.1) is 46.0 Å². The van der Waals surface area contributed by atoms with Crippen molar-refractivity contribution in [3.63, 3.8) is 0 Å². The van der Waals surface area contributed by atoms with Gasteiger partial charge in [-0.1, -0.05) is 42.5 Å². The second kappa shape index (κ2) is 11.8. The number of thiazole rings is 2. The van der Waals surface area contributed by atoms with Crippen molar-refractivity contribution in [2.75, 3.05) is 0 Å². The first-order valence-corrected chi connectivity index (χ1v) is 14.6. The molecular formula is C30H22F3N7OS2. The first kappa shape index (κ1) is 28.2. The van der Waals surface area contributed by atoms with Gasteiger partial charge in [0, 0.05) is 22.5 Å². The average Bonchev–Trinajstić information content (AvgIpc) is 3.75. The van der Waals surface area contributed by atoms with Crippen molar-refractivity contribution in [1.82, 2.24) is 24.3 Å². The molecule has 0 fully saturated rings. The molecule has 0 N–H and O–H groups in total. The van der Waals surface area contributed by atoms with Crippen LogP contribution in [0, 0.1) is 13.8 Å². The van der Waals surface area contributed by atoms with Crippen molar-refractivity contribution in [3.05, 3.63) is 112 Å². The van der Waals surface area contributed by atoms with Crippen LogP contribution in [-0.4, -0.2) is 36.9 Å². The van der Waals surface area contributed by atoms with Crippen LogP contribution in [0.3, 0.4) is 0 Å². The molecule has 13 heteroatoms. The molecule has 0 spiro atoms. The first-order chi connectivity index (χ1) is 20.7. The van der Waals surface area contributed by atoms with Gasteiger partial charge in [0.1, 0.15) is 17.1 Å². The molecule has 0 radical (unpaired) electrons. The summed E-state index contributed by atoms with van der Waals surface area (Å²) in [6, 6.07) is 19.1. The number of aryl methyl sites for hydroxylation is 2. The molecule has 0 aliphatic heterocycles. The zero-order valence-electron chi connectivity index (χ0n) is 22.7. The summed E-state index contributed by atoms with van der Waals surface area (Å²) in [6.45, 7) is 4.16. The van der Waals surface area contributed by atoms with E-state index in [1.165, 1.54) is 46.6 Å². The van der Waals surface area contributed by atoms with E-state index in [2.05, 4.69) is 60.6 Å². The summed E-state index contributed by atoms with van der Waals surface area (Å²) in [5.41, 5.74) is 6.43. The van der Waals surface area contributed by atoms with Gasteiger partial charge in [-0.05, 0) is 54.8 Å². The van der Waals surface area contributed by atoms with E-state index >= 15 is 0 Å². The van der Waals surface area contributed by atoms with E-state index in [9.17, 15) is 13.2 Å². The number of halogens is 3. The average molecular weight is 618 g/mol. The van der Waals surface area contributed by atoms with Crippen LogP contribution >= 0.6 is 22.7 Å². The Morgan fingerprint density at radius 3 is 2.33 bits per heavy atom. The fourth-order valence-electron chi connectivity index (χ4n) is 4.44. The Hall–Kier alpha value is -4.88.